The Morgan fingerprint density at radius 2 is 1.91 bits per heavy atom. The highest BCUT2D eigenvalue weighted by atomic mass is 15.2. The number of hydrogen-bond donors (Lipinski definition) is 1. The van der Waals surface area contributed by atoms with Gasteiger partial charge >= 0.3 is 0 Å². The van der Waals surface area contributed by atoms with E-state index in [-0.39, 0.29) is 0 Å². The zero-order valence-electron chi connectivity index (χ0n) is 13.6. The predicted molar refractivity (Wildman–Crippen MR) is 90.9 cm³/mol. The number of anilines is 1. The first-order valence-electron chi connectivity index (χ1n) is 9.26. The van der Waals surface area contributed by atoms with Gasteiger partial charge in [-0.15, -0.1) is 0 Å². The molecule has 4 nitrogen and oxygen atoms in total. The van der Waals surface area contributed by atoms with Crippen LogP contribution in [0.1, 0.15) is 25.7 Å². The second-order valence-electron chi connectivity index (χ2n) is 8.18. The summed E-state index contributed by atoms with van der Waals surface area (Å²) in [6.07, 6.45) is 15.8. The van der Waals surface area contributed by atoms with E-state index in [1.54, 1.807) is 12.4 Å². The van der Waals surface area contributed by atoms with Crippen LogP contribution < -0.4 is 5.32 Å². The fourth-order valence-corrected chi connectivity index (χ4v) is 5.68. The number of nitrogens with zero attached hydrogens (tertiary/aromatic N) is 3. The topological polar surface area (TPSA) is 41.0 Å². The van der Waals surface area contributed by atoms with E-state index in [2.05, 4.69) is 32.3 Å². The Labute approximate surface area is 138 Å². The molecule has 1 aliphatic heterocycles. The summed E-state index contributed by atoms with van der Waals surface area (Å²) in [5.41, 5.74) is 0. The molecule has 0 aromatic carbocycles. The SMILES string of the molecule is C1=CC2CC1CC2CN1C[C@H]2CC(Nc3cnccn3)C[C@H]2C1. The van der Waals surface area contributed by atoms with Crippen molar-refractivity contribution in [2.24, 2.45) is 29.6 Å². The molecule has 23 heavy (non-hydrogen) atoms. The van der Waals surface area contributed by atoms with E-state index in [9.17, 15) is 0 Å². The van der Waals surface area contributed by atoms with Crippen LogP contribution in [0.15, 0.2) is 30.7 Å². The Morgan fingerprint density at radius 1 is 1.04 bits per heavy atom. The van der Waals surface area contributed by atoms with E-state index in [0.717, 1.165) is 35.4 Å². The van der Waals surface area contributed by atoms with Crippen LogP contribution >= 0.6 is 0 Å². The smallest absolute Gasteiger partial charge is 0.144 e. The maximum Gasteiger partial charge on any atom is 0.144 e. The van der Waals surface area contributed by atoms with E-state index >= 15 is 0 Å². The van der Waals surface area contributed by atoms with Crippen LogP contribution in [0, 0.1) is 29.6 Å². The van der Waals surface area contributed by atoms with Crippen molar-refractivity contribution in [3.05, 3.63) is 30.7 Å². The fourth-order valence-electron chi connectivity index (χ4n) is 5.68. The number of aromatic nitrogens is 2. The zero-order valence-corrected chi connectivity index (χ0v) is 13.6. The summed E-state index contributed by atoms with van der Waals surface area (Å²) in [6, 6.07) is 0.592. The van der Waals surface area contributed by atoms with Gasteiger partial charge in [0.05, 0.1) is 6.20 Å². The van der Waals surface area contributed by atoms with Gasteiger partial charge in [0.2, 0.25) is 0 Å². The molecule has 3 fully saturated rings. The first-order valence-corrected chi connectivity index (χ1v) is 9.26. The standard InChI is InChI=1S/C19H26N4/c1-2-14-5-13(1)6-15(14)10-23-11-16-7-18(8-17(16)12-23)22-19-9-20-3-4-21-19/h1-4,9,13-18H,5-8,10-12H2,(H,21,22)/t13?,14?,15?,16-,17+,18?. The van der Waals surface area contributed by atoms with Gasteiger partial charge in [0.25, 0.3) is 0 Å². The van der Waals surface area contributed by atoms with Gasteiger partial charge in [0.1, 0.15) is 5.82 Å². The number of likely N-dealkylation sites (tertiary alicyclic amines) is 1. The Kier molecular flexibility index (Phi) is 3.39. The quantitative estimate of drug-likeness (QED) is 0.868. The van der Waals surface area contributed by atoms with E-state index in [4.69, 9.17) is 0 Å². The van der Waals surface area contributed by atoms with Crippen molar-refractivity contribution < 1.29 is 0 Å². The van der Waals surface area contributed by atoms with Gasteiger partial charge in [0.15, 0.2) is 0 Å². The van der Waals surface area contributed by atoms with E-state index < -0.39 is 0 Å². The number of allylic oxidation sites excluding steroid dienone is 2. The van der Waals surface area contributed by atoms with Gasteiger partial charge in [-0.3, -0.25) is 4.98 Å². The molecule has 6 atom stereocenters. The highest BCUT2D eigenvalue weighted by Gasteiger charge is 2.43. The van der Waals surface area contributed by atoms with E-state index in [1.165, 1.54) is 45.3 Å². The van der Waals surface area contributed by atoms with Gasteiger partial charge in [-0.2, -0.15) is 0 Å². The van der Waals surface area contributed by atoms with E-state index in [1.807, 2.05) is 6.20 Å². The highest BCUT2D eigenvalue weighted by Crippen LogP contribution is 2.45. The van der Waals surface area contributed by atoms with Crippen molar-refractivity contribution in [3.63, 3.8) is 0 Å². The van der Waals surface area contributed by atoms with Crippen LogP contribution in [0.25, 0.3) is 0 Å². The summed E-state index contributed by atoms with van der Waals surface area (Å²) in [5.74, 6) is 5.45. The third-order valence-corrected chi connectivity index (χ3v) is 6.65. The lowest BCUT2D eigenvalue weighted by molar-refractivity contribution is 0.238. The molecule has 0 radical (unpaired) electrons. The molecule has 1 N–H and O–H groups in total. The second-order valence-corrected chi connectivity index (χ2v) is 8.18. The summed E-state index contributed by atoms with van der Waals surface area (Å²) in [7, 11) is 0. The van der Waals surface area contributed by atoms with Crippen LogP contribution in [-0.4, -0.2) is 40.5 Å². The lowest BCUT2D eigenvalue weighted by Crippen LogP contribution is -2.31. The summed E-state index contributed by atoms with van der Waals surface area (Å²) >= 11 is 0. The Balaban J connectivity index is 1.14. The lowest BCUT2D eigenvalue weighted by Gasteiger charge is -2.26. The molecular formula is C19H26N4. The summed E-state index contributed by atoms with van der Waals surface area (Å²) in [6.45, 7) is 3.99. The summed E-state index contributed by atoms with van der Waals surface area (Å²) in [4.78, 5) is 11.3. The molecule has 0 amide bonds. The Morgan fingerprint density at radius 3 is 2.57 bits per heavy atom. The number of nitrogens with one attached hydrogen (secondary N) is 1. The molecule has 122 valence electrons. The van der Waals surface area contributed by atoms with Crippen molar-refractivity contribution in [1.82, 2.24) is 14.9 Å². The summed E-state index contributed by atoms with van der Waals surface area (Å²) in [5, 5.41) is 3.58. The van der Waals surface area contributed by atoms with Crippen molar-refractivity contribution in [2.45, 2.75) is 31.7 Å². The van der Waals surface area contributed by atoms with Crippen molar-refractivity contribution in [1.29, 1.82) is 0 Å². The number of hydrogen-bond acceptors (Lipinski definition) is 4. The lowest BCUT2D eigenvalue weighted by atomic mass is 9.93. The zero-order chi connectivity index (χ0) is 15.2. The monoisotopic (exact) mass is 310 g/mol. The number of rotatable bonds is 4. The number of fused-ring (bicyclic) bond motifs is 3. The average molecular weight is 310 g/mol. The minimum atomic E-state index is 0.592. The molecule has 1 saturated heterocycles. The van der Waals surface area contributed by atoms with Crippen molar-refractivity contribution in [2.75, 3.05) is 25.0 Å². The molecule has 4 unspecified atom stereocenters. The first kappa shape index (κ1) is 14.0. The van der Waals surface area contributed by atoms with Gasteiger partial charge < -0.3 is 10.2 Å². The highest BCUT2D eigenvalue weighted by molar-refractivity contribution is 5.32. The second kappa shape index (κ2) is 5.59. The fraction of sp³-hybridized carbons (Fsp3) is 0.684. The maximum atomic E-state index is 4.35. The molecule has 2 heterocycles. The van der Waals surface area contributed by atoms with Crippen LogP contribution in [-0.2, 0) is 0 Å². The van der Waals surface area contributed by atoms with Gasteiger partial charge in [-0.1, -0.05) is 12.2 Å². The normalized spacial score (nSPS) is 41.6. The largest absolute Gasteiger partial charge is 0.366 e. The molecule has 0 spiro atoms. The van der Waals surface area contributed by atoms with Crippen LogP contribution in [0.4, 0.5) is 5.82 Å². The minimum Gasteiger partial charge on any atom is -0.366 e. The van der Waals surface area contributed by atoms with Gasteiger partial charge in [-0.05, 0) is 55.3 Å². The van der Waals surface area contributed by atoms with Gasteiger partial charge in [-0.25, -0.2) is 4.98 Å². The molecule has 4 aliphatic rings. The minimum absolute atomic E-state index is 0.592. The Bertz CT molecular complexity index is 572. The van der Waals surface area contributed by atoms with Crippen LogP contribution in [0.2, 0.25) is 0 Å². The van der Waals surface area contributed by atoms with Crippen LogP contribution in [0.3, 0.4) is 0 Å². The third-order valence-electron chi connectivity index (χ3n) is 6.65. The first-order chi connectivity index (χ1) is 11.3. The Hall–Kier alpha value is -1.42. The maximum absolute atomic E-state index is 4.35. The van der Waals surface area contributed by atoms with E-state index in [0.29, 0.717) is 6.04 Å². The van der Waals surface area contributed by atoms with Crippen molar-refractivity contribution >= 4 is 5.82 Å². The molecule has 1 aromatic rings. The molecule has 5 rings (SSSR count). The van der Waals surface area contributed by atoms with Crippen molar-refractivity contribution in [3.8, 4) is 0 Å². The molecule has 2 saturated carbocycles. The predicted octanol–water partition coefficient (Wildman–Crippen LogP) is 2.81. The third kappa shape index (κ3) is 2.67. The molecule has 2 bridgehead atoms. The van der Waals surface area contributed by atoms with Gasteiger partial charge in [0, 0.05) is 38.1 Å². The summed E-state index contributed by atoms with van der Waals surface area (Å²) < 4.78 is 0. The molecule has 3 aliphatic carbocycles. The average Bonchev–Trinajstić information content (AvgIpc) is 3.29. The molecular weight excluding hydrogens is 284 g/mol. The molecule has 4 heteroatoms. The van der Waals surface area contributed by atoms with Crippen LogP contribution in [0.5, 0.6) is 0 Å². The molecule has 1 aromatic heterocycles.